The Morgan fingerprint density at radius 3 is 3.04 bits per heavy atom. The van der Waals surface area contributed by atoms with Crippen LogP contribution in [0.4, 0.5) is 0 Å². The summed E-state index contributed by atoms with van der Waals surface area (Å²) >= 11 is 0. The van der Waals surface area contributed by atoms with Crippen molar-refractivity contribution in [3.05, 3.63) is 35.0 Å². The molecule has 0 unspecified atom stereocenters. The number of hydrogen-bond donors (Lipinski definition) is 0. The highest BCUT2D eigenvalue weighted by atomic mass is 16.5. The summed E-state index contributed by atoms with van der Waals surface area (Å²) < 4.78 is 18.7. The van der Waals surface area contributed by atoms with Gasteiger partial charge in [0.05, 0.1) is 25.0 Å². The fraction of sp³-hybridized carbons (Fsp3) is 0.389. The normalized spacial score (nSPS) is 14.5. The lowest BCUT2D eigenvalue weighted by Crippen LogP contribution is -2.12. The van der Waals surface area contributed by atoms with E-state index in [1.165, 1.54) is 0 Å². The van der Waals surface area contributed by atoms with E-state index in [1.54, 1.807) is 7.11 Å². The predicted molar refractivity (Wildman–Crippen MR) is 85.0 cm³/mol. The van der Waals surface area contributed by atoms with E-state index in [9.17, 15) is 4.79 Å². The molecular weight excluding hydrogens is 294 g/mol. The summed E-state index contributed by atoms with van der Waals surface area (Å²) in [5, 5.41) is 0. The third-order valence-corrected chi connectivity index (χ3v) is 4.56. The number of carbonyl (C=O) groups is 1. The standard InChI is InChI=1S/C18H19NO4/c1-3-22-18(20)16-13-10-23-15-9-11(21-2)6-7-12(15)17(13)19-8-4-5-14(16)19/h6-7,9H,3-5,8,10H2,1-2H3. The van der Waals surface area contributed by atoms with Crippen LogP contribution in [0.1, 0.15) is 35.0 Å². The van der Waals surface area contributed by atoms with Crippen LogP contribution in [0.2, 0.25) is 0 Å². The average molecular weight is 313 g/mol. The third-order valence-electron chi connectivity index (χ3n) is 4.56. The van der Waals surface area contributed by atoms with Crippen LogP contribution in [-0.4, -0.2) is 24.3 Å². The molecule has 5 heteroatoms. The highest BCUT2D eigenvalue weighted by molar-refractivity contribution is 5.96. The summed E-state index contributed by atoms with van der Waals surface area (Å²) in [6.45, 7) is 3.54. The van der Waals surface area contributed by atoms with Crippen LogP contribution in [0.5, 0.6) is 11.5 Å². The van der Waals surface area contributed by atoms with Crippen molar-refractivity contribution in [1.29, 1.82) is 0 Å². The Kier molecular flexibility index (Phi) is 3.29. The molecule has 0 N–H and O–H groups in total. The first kappa shape index (κ1) is 14.2. The minimum Gasteiger partial charge on any atom is -0.497 e. The van der Waals surface area contributed by atoms with Crippen molar-refractivity contribution in [2.24, 2.45) is 0 Å². The smallest absolute Gasteiger partial charge is 0.340 e. The molecule has 120 valence electrons. The number of benzene rings is 1. The second-order valence-corrected chi connectivity index (χ2v) is 5.78. The zero-order chi connectivity index (χ0) is 16.0. The Labute approximate surface area is 134 Å². The van der Waals surface area contributed by atoms with Crippen molar-refractivity contribution in [2.45, 2.75) is 32.9 Å². The van der Waals surface area contributed by atoms with E-state index in [-0.39, 0.29) is 5.97 Å². The number of methoxy groups -OCH3 is 1. The molecule has 1 aromatic carbocycles. The number of esters is 1. The molecular formula is C18H19NO4. The van der Waals surface area contributed by atoms with Crippen molar-refractivity contribution < 1.29 is 19.0 Å². The molecule has 2 aliphatic heterocycles. The van der Waals surface area contributed by atoms with E-state index in [0.29, 0.717) is 18.8 Å². The van der Waals surface area contributed by atoms with Crippen LogP contribution in [0.3, 0.4) is 0 Å². The molecule has 0 saturated heterocycles. The van der Waals surface area contributed by atoms with Gasteiger partial charge >= 0.3 is 5.97 Å². The molecule has 0 aliphatic carbocycles. The number of ether oxygens (including phenoxy) is 3. The van der Waals surface area contributed by atoms with Gasteiger partial charge in [-0.2, -0.15) is 0 Å². The van der Waals surface area contributed by atoms with E-state index in [0.717, 1.165) is 53.4 Å². The van der Waals surface area contributed by atoms with Gasteiger partial charge in [0, 0.05) is 29.4 Å². The Morgan fingerprint density at radius 2 is 2.26 bits per heavy atom. The molecule has 2 aliphatic rings. The first-order valence-electron chi connectivity index (χ1n) is 7.97. The van der Waals surface area contributed by atoms with Gasteiger partial charge in [0.2, 0.25) is 0 Å². The van der Waals surface area contributed by atoms with Gasteiger partial charge in [-0.15, -0.1) is 0 Å². The number of carbonyl (C=O) groups excluding carboxylic acids is 1. The van der Waals surface area contributed by atoms with Crippen LogP contribution in [0, 0.1) is 0 Å². The minimum absolute atomic E-state index is 0.236. The third kappa shape index (κ3) is 2.03. The molecule has 4 rings (SSSR count). The first-order valence-corrected chi connectivity index (χ1v) is 7.97. The molecule has 0 saturated carbocycles. The van der Waals surface area contributed by atoms with Crippen molar-refractivity contribution in [3.8, 4) is 22.8 Å². The lowest BCUT2D eigenvalue weighted by Gasteiger charge is -2.21. The molecule has 0 radical (unpaired) electrons. The second-order valence-electron chi connectivity index (χ2n) is 5.78. The van der Waals surface area contributed by atoms with Crippen molar-refractivity contribution in [2.75, 3.05) is 13.7 Å². The van der Waals surface area contributed by atoms with E-state index in [2.05, 4.69) is 4.57 Å². The molecule has 5 nitrogen and oxygen atoms in total. The van der Waals surface area contributed by atoms with Crippen LogP contribution >= 0.6 is 0 Å². The van der Waals surface area contributed by atoms with Crippen LogP contribution in [-0.2, 0) is 24.3 Å². The first-order chi connectivity index (χ1) is 11.2. The number of rotatable bonds is 3. The highest BCUT2D eigenvalue weighted by Gasteiger charge is 2.34. The monoisotopic (exact) mass is 313 g/mol. The SMILES string of the molecule is CCOC(=O)c1c2c(n3c1CCC3)-c1ccc(OC)cc1OC2. The average Bonchev–Trinajstić information content (AvgIpc) is 3.14. The molecule has 0 spiro atoms. The van der Waals surface area contributed by atoms with Gasteiger partial charge in [0.1, 0.15) is 18.1 Å². The zero-order valence-corrected chi connectivity index (χ0v) is 13.3. The molecule has 3 heterocycles. The maximum absolute atomic E-state index is 12.4. The van der Waals surface area contributed by atoms with Gasteiger partial charge < -0.3 is 18.8 Å². The van der Waals surface area contributed by atoms with E-state index in [1.807, 2.05) is 25.1 Å². The largest absolute Gasteiger partial charge is 0.497 e. The zero-order valence-electron chi connectivity index (χ0n) is 13.3. The minimum atomic E-state index is -0.236. The topological polar surface area (TPSA) is 49.7 Å². The van der Waals surface area contributed by atoms with E-state index in [4.69, 9.17) is 14.2 Å². The highest BCUT2D eigenvalue weighted by Crippen LogP contribution is 2.44. The maximum Gasteiger partial charge on any atom is 0.340 e. The lowest BCUT2D eigenvalue weighted by molar-refractivity contribution is 0.0522. The number of aromatic nitrogens is 1. The number of hydrogen-bond acceptors (Lipinski definition) is 4. The summed E-state index contributed by atoms with van der Waals surface area (Å²) in [4.78, 5) is 12.4. The molecule has 0 bridgehead atoms. The molecule has 0 fully saturated rings. The summed E-state index contributed by atoms with van der Waals surface area (Å²) in [6.07, 6.45) is 1.97. The predicted octanol–water partition coefficient (Wildman–Crippen LogP) is 3.18. The molecule has 0 amide bonds. The van der Waals surface area contributed by atoms with E-state index < -0.39 is 0 Å². The fourth-order valence-corrected chi connectivity index (χ4v) is 3.62. The summed E-state index contributed by atoms with van der Waals surface area (Å²) in [5.41, 5.74) is 4.87. The summed E-state index contributed by atoms with van der Waals surface area (Å²) in [6, 6.07) is 5.83. The maximum atomic E-state index is 12.4. The second kappa shape index (κ2) is 5.33. The van der Waals surface area contributed by atoms with Gasteiger partial charge in [-0.25, -0.2) is 4.79 Å². The summed E-state index contributed by atoms with van der Waals surface area (Å²) in [7, 11) is 1.64. The number of fused-ring (bicyclic) bond motifs is 5. The van der Waals surface area contributed by atoms with Gasteiger partial charge in [-0.05, 0) is 31.9 Å². The summed E-state index contributed by atoms with van der Waals surface area (Å²) in [5.74, 6) is 1.34. The fourth-order valence-electron chi connectivity index (χ4n) is 3.62. The molecule has 2 aromatic rings. The van der Waals surface area contributed by atoms with E-state index >= 15 is 0 Å². The van der Waals surface area contributed by atoms with Crippen LogP contribution in [0.25, 0.3) is 11.3 Å². The quantitative estimate of drug-likeness (QED) is 0.817. The number of nitrogens with zero attached hydrogens (tertiary/aromatic N) is 1. The van der Waals surface area contributed by atoms with Crippen molar-refractivity contribution in [3.63, 3.8) is 0 Å². The van der Waals surface area contributed by atoms with Gasteiger partial charge in [-0.3, -0.25) is 0 Å². The van der Waals surface area contributed by atoms with Crippen molar-refractivity contribution in [1.82, 2.24) is 4.57 Å². The lowest BCUT2D eigenvalue weighted by atomic mass is 10.00. The Bertz CT molecular complexity index is 791. The van der Waals surface area contributed by atoms with Crippen LogP contribution < -0.4 is 9.47 Å². The van der Waals surface area contributed by atoms with Crippen LogP contribution in [0.15, 0.2) is 18.2 Å². The Morgan fingerprint density at radius 1 is 1.39 bits per heavy atom. The molecule has 1 aromatic heterocycles. The van der Waals surface area contributed by atoms with Gasteiger partial charge in [0.15, 0.2) is 0 Å². The van der Waals surface area contributed by atoms with Gasteiger partial charge in [0.25, 0.3) is 0 Å². The Hall–Kier alpha value is -2.43. The molecule has 23 heavy (non-hydrogen) atoms. The van der Waals surface area contributed by atoms with Crippen molar-refractivity contribution >= 4 is 5.97 Å². The Balaban J connectivity index is 1.91. The van der Waals surface area contributed by atoms with Gasteiger partial charge in [-0.1, -0.05) is 0 Å². The molecule has 0 atom stereocenters.